The summed E-state index contributed by atoms with van der Waals surface area (Å²) in [6.07, 6.45) is 3.91. The van der Waals surface area contributed by atoms with Crippen molar-refractivity contribution in [2.75, 3.05) is 5.73 Å². The lowest BCUT2D eigenvalue weighted by molar-refractivity contribution is 0.100. The molecule has 17 heavy (non-hydrogen) atoms. The smallest absolute Gasteiger partial charge is 0.253 e. The maximum atomic E-state index is 13.7. The van der Waals surface area contributed by atoms with Crippen LogP contribution in [0.15, 0.2) is 30.7 Å². The second-order valence-corrected chi connectivity index (χ2v) is 3.35. The van der Waals surface area contributed by atoms with Crippen molar-refractivity contribution in [1.82, 2.24) is 9.97 Å². The normalized spacial score (nSPS) is 10.2. The molecule has 0 bridgehead atoms. The molecule has 2 aromatic heterocycles. The molecule has 4 N–H and O–H groups in total. The first-order valence-electron chi connectivity index (χ1n) is 4.75. The van der Waals surface area contributed by atoms with Crippen LogP contribution in [0.4, 0.5) is 10.2 Å². The number of anilines is 1. The maximum absolute atomic E-state index is 13.7. The van der Waals surface area contributed by atoms with Gasteiger partial charge in [-0.3, -0.25) is 9.78 Å². The molecule has 2 aromatic rings. The predicted octanol–water partition coefficient (Wildman–Crippen LogP) is 0.964. The standard InChI is InChI=1S/C11H9FN4O/c12-7-5-16-10(13)9(11(14)17)8(7)6-2-1-3-15-4-6/h1-5H,(H2,13,16)(H2,14,17). The fourth-order valence-corrected chi connectivity index (χ4v) is 1.55. The number of carbonyl (C=O) groups excluding carboxylic acids is 1. The highest BCUT2D eigenvalue weighted by atomic mass is 19.1. The van der Waals surface area contributed by atoms with Gasteiger partial charge in [0.05, 0.1) is 11.8 Å². The summed E-state index contributed by atoms with van der Waals surface area (Å²) < 4.78 is 13.7. The van der Waals surface area contributed by atoms with Gasteiger partial charge >= 0.3 is 0 Å². The topological polar surface area (TPSA) is 94.9 Å². The molecule has 0 aromatic carbocycles. The van der Waals surface area contributed by atoms with E-state index < -0.39 is 11.7 Å². The van der Waals surface area contributed by atoms with E-state index in [2.05, 4.69) is 9.97 Å². The van der Waals surface area contributed by atoms with Crippen LogP contribution in [0.1, 0.15) is 10.4 Å². The quantitative estimate of drug-likeness (QED) is 0.806. The number of aromatic nitrogens is 2. The maximum Gasteiger partial charge on any atom is 0.253 e. The molecule has 2 heterocycles. The minimum absolute atomic E-state index is 0.0260. The summed E-state index contributed by atoms with van der Waals surface area (Å²) in [6, 6.07) is 3.23. The van der Waals surface area contributed by atoms with Crippen molar-refractivity contribution in [2.45, 2.75) is 0 Å². The van der Waals surface area contributed by atoms with Crippen LogP contribution in [0.3, 0.4) is 0 Å². The highest BCUT2D eigenvalue weighted by Crippen LogP contribution is 2.28. The van der Waals surface area contributed by atoms with Gasteiger partial charge in [0.1, 0.15) is 11.6 Å². The first kappa shape index (κ1) is 11.0. The first-order valence-corrected chi connectivity index (χ1v) is 4.75. The van der Waals surface area contributed by atoms with E-state index in [0.717, 1.165) is 6.20 Å². The number of nitrogens with two attached hydrogens (primary N) is 2. The Hall–Kier alpha value is -2.50. The Morgan fingerprint density at radius 2 is 2.12 bits per heavy atom. The predicted molar refractivity (Wildman–Crippen MR) is 60.4 cm³/mol. The number of hydrogen-bond donors (Lipinski definition) is 2. The first-order chi connectivity index (χ1) is 8.11. The van der Waals surface area contributed by atoms with E-state index >= 15 is 0 Å². The number of rotatable bonds is 2. The molecule has 0 aliphatic rings. The average Bonchev–Trinajstić information content (AvgIpc) is 2.32. The summed E-state index contributed by atoms with van der Waals surface area (Å²) in [5.74, 6) is -1.59. The van der Waals surface area contributed by atoms with Crippen molar-refractivity contribution in [3.05, 3.63) is 42.1 Å². The number of amides is 1. The number of nitrogens with zero attached hydrogens (tertiary/aromatic N) is 2. The molecule has 0 radical (unpaired) electrons. The molecule has 0 unspecified atom stereocenters. The highest BCUT2D eigenvalue weighted by molar-refractivity contribution is 6.03. The summed E-state index contributed by atoms with van der Waals surface area (Å²) in [7, 11) is 0. The zero-order chi connectivity index (χ0) is 12.4. The van der Waals surface area contributed by atoms with Gasteiger partial charge in [0.25, 0.3) is 5.91 Å². The van der Waals surface area contributed by atoms with Gasteiger partial charge in [0.15, 0.2) is 0 Å². The van der Waals surface area contributed by atoms with Gasteiger partial charge in [-0.25, -0.2) is 9.37 Å². The van der Waals surface area contributed by atoms with Crippen molar-refractivity contribution in [1.29, 1.82) is 0 Å². The number of halogens is 1. The molecule has 2 rings (SSSR count). The van der Waals surface area contributed by atoms with E-state index in [0.29, 0.717) is 5.56 Å². The Morgan fingerprint density at radius 1 is 1.35 bits per heavy atom. The van der Waals surface area contributed by atoms with Gasteiger partial charge in [0.2, 0.25) is 0 Å². The summed E-state index contributed by atoms with van der Waals surface area (Å²) in [5.41, 5.74) is 11.0. The van der Waals surface area contributed by atoms with Gasteiger partial charge in [0, 0.05) is 23.5 Å². The minimum Gasteiger partial charge on any atom is -0.383 e. The fourth-order valence-electron chi connectivity index (χ4n) is 1.55. The van der Waals surface area contributed by atoms with Gasteiger partial charge in [-0.2, -0.15) is 0 Å². The van der Waals surface area contributed by atoms with Gasteiger partial charge in [-0.05, 0) is 6.07 Å². The minimum atomic E-state index is -0.826. The summed E-state index contributed by atoms with van der Waals surface area (Å²) >= 11 is 0. The highest BCUT2D eigenvalue weighted by Gasteiger charge is 2.19. The van der Waals surface area contributed by atoms with E-state index in [1.807, 2.05) is 0 Å². The van der Waals surface area contributed by atoms with E-state index in [1.54, 1.807) is 12.1 Å². The molecule has 0 spiro atoms. The van der Waals surface area contributed by atoms with Crippen molar-refractivity contribution in [3.63, 3.8) is 0 Å². The van der Waals surface area contributed by atoms with Crippen LogP contribution >= 0.6 is 0 Å². The second kappa shape index (κ2) is 4.17. The molecule has 0 saturated heterocycles. The fraction of sp³-hybridized carbons (Fsp3) is 0. The number of nitrogen functional groups attached to an aromatic ring is 1. The van der Waals surface area contributed by atoms with Crippen molar-refractivity contribution in [3.8, 4) is 11.1 Å². The van der Waals surface area contributed by atoms with Crippen LogP contribution in [-0.4, -0.2) is 15.9 Å². The third-order valence-electron chi connectivity index (χ3n) is 2.26. The molecule has 1 amide bonds. The molecular formula is C11H9FN4O. The second-order valence-electron chi connectivity index (χ2n) is 3.35. The van der Waals surface area contributed by atoms with Crippen molar-refractivity contribution >= 4 is 11.7 Å². The molecule has 86 valence electrons. The van der Waals surface area contributed by atoms with Gasteiger partial charge < -0.3 is 11.5 Å². The van der Waals surface area contributed by atoms with Gasteiger partial charge in [-0.15, -0.1) is 0 Å². The number of hydrogen-bond acceptors (Lipinski definition) is 4. The van der Waals surface area contributed by atoms with E-state index in [9.17, 15) is 9.18 Å². The molecule has 6 heteroatoms. The SMILES string of the molecule is NC(=O)c1c(N)ncc(F)c1-c1cccnc1. The molecule has 0 atom stereocenters. The van der Waals surface area contributed by atoms with Crippen LogP contribution in [-0.2, 0) is 0 Å². The Labute approximate surface area is 96.3 Å². The molecule has 0 aliphatic carbocycles. The van der Waals surface area contributed by atoms with Crippen LogP contribution in [0.25, 0.3) is 11.1 Å². The van der Waals surface area contributed by atoms with Crippen LogP contribution in [0.5, 0.6) is 0 Å². The van der Waals surface area contributed by atoms with E-state index in [4.69, 9.17) is 11.5 Å². The zero-order valence-electron chi connectivity index (χ0n) is 8.72. The number of primary amides is 1. The Kier molecular flexibility index (Phi) is 2.70. The van der Waals surface area contributed by atoms with Crippen LogP contribution < -0.4 is 11.5 Å². The summed E-state index contributed by atoms with van der Waals surface area (Å²) in [5, 5.41) is 0. The summed E-state index contributed by atoms with van der Waals surface area (Å²) in [4.78, 5) is 18.7. The Balaban J connectivity index is 2.76. The number of pyridine rings is 2. The monoisotopic (exact) mass is 232 g/mol. The lowest BCUT2D eigenvalue weighted by Gasteiger charge is -2.09. The third kappa shape index (κ3) is 1.92. The lowest BCUT2D eigenvalue weighted by Crippen LogP contribution is -2.17. The van der Waals surface area contributed by atoms with E-state index in [1.165, 1.54) is 12.4 Å². The van der Waals surface area contributed by atoms with Crippen LogP contribution in [0.2, 0.25) is 0 Å². The van der Waals surface area contributed by atoms with Gasteiger partial charge in [-0.1, -0.05) is 6.07 Å². The average molecular weight is 232 g/mol. The molecule has 5 nitrogen and oxygen atoms in total. The number of carbonyl (C=O) groups is 1. The third-order valence-corrected chi connectivity index (χ3v) is 2.26. The summed E-state index contributed by atoms with van der Waals surface area (Å²) in [6.45, 7) is 0. The van der Waals surface area contributed by atoms with Crippen molar-refractivity contribution < 1.29 is 9.18 Å². The largest absolute Gasteiger partial charge is 0.383 e. The molecule has 0 aliphatic heterocycles. The Bertz CT molecular complexity index is 571. The van der Waals surface area contributed by atoms with Crippen LogP contribution in [0, 0.1) is 5.82 Å². The molecule has 0 fully saturated rings. The Morgan fingerprint density at radius 3 is 2.71 bits per heavy atom. The van der Waals surface area contributed by atoms with Crippen molar-refractivity contribution in [2.24, 2.45) is 5.73 Å². The molecular weight excluding hydrogens is 223 g/mol. The van der Waals surface area contributed by atoms with E-state index in [-0.39, 0.29) is 16.9 Å². The lowest BCUT2D eigenvalue weighted by atomic mass is 10.0. The molecule has 0 saturated carbocycles. The zero-order valence-corrected chi connectivity index (χ0v) is 8.72.